The number of carbonyl (C=O) groups excluding carboxylic acids is 1. The predicted octanol–water partition coefficient (Wildman–Crippen LogP) is 1.92. The average molecular weight is 265 g/mol. The summed E-state index contributed by atoms with van der Waals surface area (Å²) >= 11 is 0. The summed E-state index contributed by atoms with van der Waals surface area (Å²) in [7, 11) is 0. The number of hydrogen-bond acceptors (Lipinski definition) is 5. The fourth-order valence-electron chi connectivity index (χ4n) is 1.39. The molecule has 0 aliphatic heterocycles. The summed E-state index contributed by atoms with van der Waals surface area (Å²) in [5, 5.41) is 20.0. The van der Waals surface area contributed by atoms with E-state index in [9.17, 15) is 20.0 Å². The molecule has 1 atom stereocenters. The highest BCUT2D eigenvalue weighted by molar-refractivity contribution is 5.70. The van der Waals surface area contributed by atoms with E-state index in [1.54, 1.807) is 25.1 Å². The monoisotopic (exact) mass is 265 g/mol. The standard InChI is InChI=1S/C13H15NO5/c1-2-19-13(16)9-12(15)8-5-10-3-6-11(7-4-10)14(17)18/h3-8,12,15H,2,9H2,1H3/b8-5+/t12-/m1/s1. The fourth-order valence-corrected chi connectivity index (χ4v) is 1.39. The van der Waals surface area contributed by atoms with Crippen molar-refractivity contribution in [2.75, 3.05) is 6.61 Å². The Bertz CT molecular complexity index is 466. The van der Waals surface area contributed by atoms with Gasteiger partial charge in [-0.05, 0) is 24.6 Å². The van der Waals surface area contributed by atoms with Crippen LogP contribution < -0.4 is 0 Å². The van der Waals surface area contributed by atoms with E-state index in [-0.39, 0.29) is 18.7 Å². The normalized spacial score (nSPS) is 12.3. The maximum absolute atomic E-state index is 11.1. The number of carbonyl (C=O) groups is 1. The second kappa shape index (κ2) is 7.27. The molecule has 0 heterocycles. The van der Waals surface area contributed by atoms with Gasteiger partial charge in [-0.1, -0.05) is 12.2 Å². The van der Waals surface area contributed by atoms with Crippen LogP contribution in [-0.2, 0) is 9.53 Å². The van der Waals surface area contributed by atoms with Crippen molar-refractivity contribution in [2.24, 2.45) is 0 Å². The summed E-state index contributed by atoms with van der Waals surface area (Å²) in [5.74, 6) is -0.469. The van der Waals surface area contributed by atoms with Crippen molar-refractivity contribution in [1.82, 2.24) is 0 Å². The van der Waals surface area contributed by atoms with E-state index >= 15 is 0 Å². The Morgan fingerprint density at radius 1 is 1.47 bits per heavy atom. The third kappa shape index (κ3) is 5.31. The summed E-state index contributed by atoms with van der Waals surface area (Å²) in [6.07, 6.45) is 1.98. The Morgan fingerprint density at radius 3 is 2.63 bits per heavy atom. The fraction of sp³-hybridized carbons (Fsp3) is 0.308. The van der Waals surface area contributed by atoms with E-state index in [0.29, 0.717) is 5.56 Å². The van der Waals surface area contributed by atoms with Gasteiger partial charge in [0.1, 0.15) is 0 Å². The Balaban J connectivity index is 2.56. The van der Waals surface area contributed by atoms with E-state index in [4.69, 9.17) is 4.74 Å². The van der Waals surface area contributed by atoms with Crippen LogP contribution in [-0.4, -0.2) is 28.7 Å². The van der Waals surface area contributed by atoms with Crippen molar-refractivity contribution in [2.45, 2.75) is 19.4 Å². The van der Waals surface area contributed by atoms with Gasteiger partial charge in [-0.2, -0.15) is 0 Å². The zero-order chi connectivity index (χ0) is 14.3. The van der Waals surface area contributed by atoms with Crippen LogP contribution in [0.2, 0.25) is 0 Å². The number of esters is 1. The molecule has 1 aromatic rings. The molecule has 0 aromatic heterocycles. The number of aliphatic hydroxyl groups excluding tert-OH is 1. The van der Waals surface area contributed by atoms with Crippen LogP contribution in [0, 0.1) is 10.1 Å². The highest BCUT2D eigenvalue weighted by Gasteiger charge is 2.08. The molecular weight excluding hydrogens is 250 g/mol. The van der Waals surface area contributed by atoms with Gasteiger partial charge < -0.3 is 9.84 Å². The Labute approximate surface area is 110 Å². The minimum Gasteiger partial charge on any atom is -0.466 e. The SMILES string of the molecule is CCOC(=O)C[C@H](O)/C=C/c1ccc([N+](=O)[O-])cc1. The van der Waals surface area contributed by atoms with Gasteiger partial charge >= 0.3 is 5.97 Å². The van der Waals surface area contributed by atoms with Crippen molar-refractivity contribution >= 4 is 17.7 Å². The van der Waals surface area contributed by atoms with Gasteiger partial charge in [0, 0.05) is 12.1 Å². The lowest BCUT2D eigenvalue weighted by molar-refractivity contribution is -0.384. The number of aliphatic hydroxyl groups is 1. The van der Waals surface area contributed by atoms with Gasteiger partial charge in [0.15, 0.2) is 0 Å². The second-order valence-electron chi connectivity index (χ2n) is 3.78. The first-order valence-corrected chi connectivity index (χ1v) is 5.79. The molecular formula is C13H15NO5. The lowest BCUT2D eigenvalue weighted by Gasteiger charge is -2.04. The van der Waals surface area contributed by atoms with Gasteiger partial charge in [-0.25, -0.2) is 0 Å². The molecule has 0 bridgehead atoms. The predicted molar refractivity (Wildman–Crippen MR) is 69.4 cm³/mol. The molecule has 0 spiro atoms. The number of rotatable bonds is 6. The van der Waals surface area contributed by atoms with E-state index in [1.165, 1.54) is 18.2 Å². The molecule has 0 saturated carbocycles. The zero-order valence-corrected chi connectivity index (χ0v) is 10.5. The van der Waals surface area contributed by atoms with Gasteiger partial charge in [-0.15, -0.1) is 0 Å². The maximum Gasteiger partial charge on any atom is 0.308 e. The Kier molecular flexibility index (Phi) is 5.69. The van der Waals surface area contributed by atoms with Crippen LogP contribution >= 0.6 is 0 Å². The molecule has 102 valence electrons. The maximum atomic E-state index is 11.1. The molecule has 0 saturated heterocycles. The first kappa shape index (κ1) is 14.8. The summed E-state index contributed by atoms with van der Waals surface area (Å²) in [6, 6.07) is 5.87. The highest BCUT2D eigenvalue weighted by Crippen LogP contribution is 2.13. The van der Waals surface area contributed by atoms with Crippen molar-refractivity contribution in [3.63, 3.8) is 0 Å². The van der Waals surface area contributed by atoms with Crippen LogP contribution in [0.25, 0.3) is 6.08 Å². The number of ether oxygens (including phenoxy) is 1. The van der Waals surface area contributed by atoms with Crippen LogP contribution in [0.5, 0.6) is 0 Å². The van der Waals surface area contributed by atoms with Gasteiger partial charge in [0.2, 0.25) is 0 Å². The number of hydrogen-bond donors (Lipinski definition) is 1. The largest absolute Gasteiger partial charge is 0.466 e. The first-order chi connectivity index (χ1) is 9.02. The minimum atomic E-state index is -0.936. The molecule has 0 radical (unpaired) electrons. The van der Waals surface area contributed by atoms with E-state index in [0.717, 1.165) is 0 Å². The molecule has 1 aromatic carbocycles. The van der Waals surface area contributed by atoms with Crippen molar-refractivity contribution in [3.05, 3.63) is 46.0 Å². The Hall–Kier alpha value is -2.21. The quantitative estimate of drug-likeness (QED) is 0.482. The van der Waals surface area contributed by atoms with E-state index in [1.807, 2.05) is 0 Å². The molecule has 0 amide bonds. The molecule has 19 heavy (non-hydrogen) atoms. The number of nitrogens with zero attached hydrogens (tertiary/aromatic N) is 1. The molecule has 6 heteroatoms. The molecule has 0 aliphatic carbocycles. The first-order valence-electron chi connectivity index (χ1n) is 5.79. The number of benzene rings is 1. The third-order valence-electron chi connectivity index (χ3n) is 2.30. The Morgan fingerprint density at radius 2 is 2.11 bits per heavy atom. The topological polar surface area (TPSA) is 89.7 Å². The summed E-state index contributed by atoms with van der Waals surface area (Å²) in [5.41, 5.74) is 0.706. The number of nitro groups is 1. The molecule has 0 aliphatic rings. The summed E-state index contributed by atoms with van der Waals surface area (Å²) in [4.78, 5) is 21.1. The van der Waals surface area contributed by atoms with Gasteiger partial charge in [0.05, 0.1) is 24.1 Å². The van der Waals surface area contributed by atoms with Crippen molar-refractivity contribution in [1.29, 1.82) is 0 Å². The van der Waals surface area contributed by atoms with E-state index in [2.05, 4.69) is 0 Å². The molecule has 6 nitrogen and oxygen atoms in total. The second-order valence-corrected chi connectivity index (χ2v) is 3.78. The third-order valence-corrected chi connectivity index (χ3v) is 2.30. The highest BCUT2D eigenvalue weighted by atomic mass is 16.6. The zero-order valence-electron chi connectivity index (χ0n) is 10.5. The van der Waals surface area contributed by atoms with Crippen molar-refractivity contribution in [3.8, 4) is 0 Å². The lowest BCUT2D eigenvalue weighted by atomic mass is 10.1. The average Bonchev–Trinajstić information content (AvgIpc) is 2.37. The number of non-ortho nitro benzene ring substituents is 1. The summed E-state index contributed by atoms with van der Waals surface area (Å²) < 4.78 is 4.70. The number of nitro benzene ring substituents is 1. The lowest BCUT2D eigenvalue weighted by Crippen LogP contribution is -2.13. The van der Waals surface area contributed by atoms with Crippen LogP contribution in [0.1, 0.15) is 18.9 Å². The minimum absolute atomic E-state index is 0.00391. The molecule has 0 fully saturated rings. The summed E-state index contributed by atoms with van der Waals surface area (Å²) in [6.45, 7) is 1.97. The molecule has 1 N–H and O–H groups in total. The van der Waals surface area contributed by atoms with Gasteiger partial charge in [-0.3, -0.25) is 14.9 Å². The van der Waals surface area contributed by atoms with E-state index < -0.39 is 17.0 Å². The van der Waals surface area contributed by atoms with Crippen LogP contribution in [0.4, 0.5) is 5.69 Å². The van der Waals surface area contributed by atoms with Crippen LogP contribution in [0.15, 0.2) is 30.3 Å². The van der Waals surface area contributed by atoms with Crippen LogP contribution in [0.3, 0.4) is 0 Å². The van der Waals surface area contributed by atoms with Crippen molar-refractivity contribution < 1.29 is 19.6 Å². The smallest absolute Gasteiger partial charge is 0.308 e. The van der Waals surface area contributed by atoms with Gasteiger partial charge in [0.25, 0.3) is 5.69 Å². The molecule has 0 unspecified atom stereocenters. The molecule has 1 rings (SSSR count).